The van der Waals surface area contributed by atoms with Crippen LogP contribution in [-0.4, -0.2) is 55.4 Å². The number of nitrogens with two attached hydrogens (primary N) is 1. The van der Waals surface area contributed by atoms with Gasteiger partial charge in [-0.3, -0.25) is 9.69 Å². The summed E-state index contributed by atoms with van der Waals surface area (Å²) < 4.78 is 10.2. The van der Waals surface area contributed by atoms with E-state index in [1.165, 1.54) is 7.11 Å². The Labute approximate surface area is 116 Å². The van der Waals surface area contributed by atoms with E-state index in [0.717, 1.165) is 19.4 Å². The zero-order valence-electron chi connectivity index (χ0n) is 12.8. The van der Waals surface area contributed by atoms with Gasteiger partial charge in [0.1, 0.15) is 5.54 Å². The molecule has 1 aliphatic rings. The van der Waals surface area contributed by atoms with Crippen LogP contribution in [0.4, 0.5) is 0 Å². The maximum absolute atomic E-state index is 11.6. The molecule has 112 valence electrons. The Hall–Kier alpha value is -0.650. The van der Waals surface area contributed by atoms with E-state index in [-0.39, 0.29) is 12.0 Å². The molecule has 0 aromatic heterocycles. The standard InChI is InChI=1S/C14H28N2O3/c1-10-8-12(18-4)6-7-16(10)11(2)9-14(3,15)13(17)19-5/h10-12H,6-9,15H2,1-5H3. The van der Waals surface area contributed by atoms with Crippen molar-refractivity contribution >= 4 is 5.97 Å². The average Bonchev–Trinajstić information content (AvgIpc) is 2.36. The molecule has 4 unspecified atom stereocenters. The number of piperidine rings is 1. The van der Waals surface area contributed by atoms with E-state index in [0.29, 0.717) is 18.6 Å². The highest BCUT2D eigenvalue weighted by Crippen LogP contribution is 2.25. The van der Waals surface area contributed by atoms with Crippen molar-refractivity contribution in [2.45, 2.75) is 63.8 Å². The molecular weight excluding hydrogens is 244 g/mol. The normalized spacial score (nSPS) is 29.6. The summed E-state index contributed by atoms with van der Waals surface area (Å²) >= 11 is 0. The Balaban J connectivity index is 2.58. The highest BCUT2D eigenvalue weighted by Gasteiger charge is 2.36. The van der Waals surface area contributed by atoms with Gasteiger partial charge < -0.3 is 15.2 Å². The summed E-state index contributed by atoms with van der Waals surface area (Å²) in [7, 11) is 3.15. The summed E-state index contributed by atoms with van der Waals surface area (Å²) in [6.07, 6.45) is 3.01. The van der Waals surface area contributed by atoms with E-state index < -0.39 is 5.54 Å². The monoisotopic (exact) mass is 272 g/mol. The van der Waals surface area contributed by atoms with Crippen molar-refractivity contribution in [3.8, 4) is 0 Å². The fraction of sp³-hybridized carbons (Fsp3) is 0.929. The minimum absolute atomic E-state index is 0.252. The summed E-state index contributed by atoms with van der Waals surface area (Å²) in [6, 6.07) is 0.698. The topological polar surface area (TPSA) is 64.8 Å². The zero-order chi connectivity index (χ0) is 14.6. The molecule has 0 saturated carbocycles. The molecule has 0 aromatic carbocycles. The molecule has 1 fully saturated rings. The van der Waals surface area contributed by atoms with Crippen LogP contribution in [0.1, 0.15) is 40.0 Å². The lowest BCUT2D eigenvalue weighted by Gasteiger charge is -2.42. The third kappa shape index (κ3) is 4.16. The molecule has 0 aliphatic carbocycles. The van der Waals surface area contributed by atoms with Gasteiger partial charge in [-0.2, -0.15) is 0 Å². The lowest BCUT2D eigenvalue weighted by molar-refractivity contribution is -0.147. The molecule has 1 aliphatic heterocycles. The van der Waals surface area contributed by atoms with Crippen LogP contribution in [0.5, 0.6) is 0 Å². The number of methoxy groups -OCH3 is 2. The van der Waals surface area contributed by atoms with Crippen LogP contribution < -0.4 is 5.73 Å². The predicted molar refractivity (Wildman–Crippen MR) is 74.9 cm³/mol. The molecule has 2 N–H and O–H groups in total. The van der Waals surface area contributed by atoms with Crippen LogP contribution in [0.2, 0.25) is 0 Å². The van der Waals surface area contributed by atoms with Crippen molar-refractivity contribution in [2.24, 2.45) is 5.73 Å². The smallest absolute Gasteiger partial charge is 0.325 e. The number of carbonyl (C=O) groups excluding carboxylic acids is 1. The van der Waals surface area contributed by atoms with Crippen LogP contribution in [0, 0.1) is 0 Å². The van der Waals surface area contributed by atoms with Crippen LogP contribution in [0.3, 0.4) is 0 Å². The molecule has 0 spiro atoms. The van der Waals surface area contributed by atoms with Gasteiger partial charge in [0.15, 0.2) is 0 Å². The van der Waals surface area contributed by atoms with E-state index in [2.05, 4.69) is 18.7 Å². The van der Waals surface area contributed by atoms with E-state index in [9.17, 15) is 4.79 Å². The van der Waals surface area contributed by atoms with Gasteiger partial charge in [-0.05, 0) is 40.0 Å². The van der Waals surface area contributed by atoms with Crippen molar-refractivity contribution in [2.75, 3.05) is 20.8 Å². The molecule has 0 bridgehead atoms. The molecule has 5 nitrogen and oxygen atoms in total. The van der Waals surface area contributed by atoms with Gasteiger partial charge in [-0.1, -0.05) is 0 Å². The number of rotatable bonds is 5. The van der Waals surface area contributed by atoms with E-state index >= 15 is 0 Å². The summed E-state index contributed by atoms with van der Waals surface area (Å²) in [5.41, 5.74) is 5.13. The summed E-state index contributed by atoms with van der Waals surface area (Å²) in [5.74, 6) is -0.348. The highest BCUT2D eigenvalue weighted by molar-refractivity contribution is 5.79. The van der Waals surface area contributed by atoms with Gasteiger partial charge in [0.05, 0.1) is 13.2 Å². The summed E-state index contributed by atoms with van der Waals surface area (Å²) in [6.45, 7) is 7.05. The van der Waals surface area contributed by atoms with E-state index in [4.69, 9.17) is 15.2 Å². The molecule has 5 heteroatoms. The third-order valence-corrected chi connectivity index (χ3v) is 4.15. The van der Waals surface area contributed by atoms with Crippen molar-refractivity contribution in [3.63, 3.8) is 0 Å². The second kappa shape index (κ2) is 6.68. The van der Waals surface area contributed by atoms with Gasteiger partial charge in [-0.25, -0.2) is 0 Å². The Morgan fingerprint density at radius 1 is 1.53 bits per heavy atom. The van der Waals surface area contributed by atoms with Gasteiger partial charge in [-0.15, -0.1) is 0 Å². The molecule has 1 rings (SSSR count). The Bertz CT molecular complexity index is 307. The Kier molecular flexibility index (Phi) is 5.77. The quantitative estimate of drug-likeness (QED) is 0.761. The number of ether oxygens (including phenoxy) is 2. The van der Waals surface area contributed by atoms with Crippen LogP contribution in [0.15, 0.2) is 0 Å². The van der Waals surface area contributed by atoms with Crippen molar-refractivity contribution < 1.29 is 14.3 Å². The van der Waals surface area contributed by atoms with Gasteiger partial charge in [0, 0.05) is 25.7 Å². The van der Waals surface area contributed by atoms with Crippen molar-refractivity contribution in [3.05, 3.63) is 0 Å². The second-order valence-electron chi connectivity index (χ2n) is 5.93. The van der Waals surface area contributed by atoms with Crippen LogP contribution in [0.25, 0.3) is 0 Å². The predicted octanol–water partition coefficient (Wildman–Crippen LogP) is 1.15. The molecule has 0 aromatic rings. The first kappa shape index (κ1) is 16.4. The highest BCUT2D eigenvalue weighted by atomic mass is 16.5. The van der Waals surface area contributed by atoms with Crippen LogP contribution in [-0.2, 0) is 14.3 Å². The SMILES string of the molecule is COC(=O)C(C)(N)CC(C)N1CCC(OC)CC1C. The van der Waals surface area contributed by atoms with E-state index in [1.54, 1.807) is 14.0 Å². The minimum atomic E-state index is -0.925. The molecular formula is C14H28N2O3. The summed E-state index contributed by atoms with van der Waals surface area (Å²) in [4.78, 5) is 14.1. The third-order valence-electron chi connectivity index (χ3n) is 4.15. The Morgan fingerprint density at radius 3 is 2.63 bits per heavy atom. The minimum Gasteiger partial charge on any atom is -0.468 e. The van der Waals surface area contributed by atoms with Gasteiger partial charge >= 0.3 is 5.97 Å². The summed E-state index contributed by atoms with van der Waals surface area (Å²) in [5, 5.41) is 0. The molecule has 4 atom stereocenters. The first-order chi connectivity index (χ1) is 8.81. The number of hydrogen-bond acceptors (Lipinski definition) is 5. The number of esters is 1. The van der Waals surface area contributed by atoms with Crippen molar-refractivity contribution in [1.82, 2.24) is 4.90 Å². The number of likely N-dealkylation sites (tertiary alicyclic amines) is 1. The van der Waals surface area contributed by atoms with Gasteiger partial charge in [0.2, 0.25) is 0 Å². The Morgan fingerprint density at radius 2 is 2.16 bits per heavy atom. The van der Waals surface area contributed by atoms with Gasteiger partial charge in [0.25, 0.3) is 0 Å². The largest absolute Gasteiger partial charge is 0.468 e. The first-order valence-electron chi connectivity index (χ1n) is 6.97. The molecule has 0 amide bonds. The lowest BCUT2D eigenvalue weighted by Crippen LogP contribution is -2.54. The zero-order valence-corrected chi connectivity index (χ0v) is 12.8. The lowest BCUT2D eigenvalue weighted by atomic mass is 9.91. The fourth-order valence-electron chi connectivity index (χ4n) is 3.06. The molecule has 1 saturated heterocycles. The molecule has 0 radical (unpaired) electrons. The maximum Gasteiger partial charge on any atom is 0.325 e. The fourth-order valence-corrected chi connectivity index (χ4v) is 3.06. The average molecular weight is 272 g/mol. The first-order valence-corrected chi connectivity index (χ1v) is 6.97. The number of hydrogen-bond donors (Lipinski definition) is 1. The molecule has 1 heterocycles. The van der Waals surface area contributed by atoms with E-state index in [1.807, 2.05) is 0 Å². The maximum atomic E-state index is 11.6. The van der Waals surface area contributed by atoms with Crippen LogP contribution >= 0.6 is 0 Å². The second-order valence-corrected chi connectivity index (χ2v) is 5.93. The van der Waals surface area contributed by atoms with Crippen molar-refractivity contribution in [1.29, 1.82) is 0 Å². The number of nitrogens with zero attached hydrogens (tertiary/aromatic N) is 1. The molecule has 19 heavy (non-hydrogen) atoms. The number of carbonyl (C=O) groups is 1.